The Bertz CT molecular complexity index is 772. The lowest BCUT2D eigenvalue weighted by atomic mass is 9.76. The molecule has 1 unspecified atom stereocenters. The van der Waals surface area contributed by atoms with E-state index >= 15 is 0 Å². The molecule has 7 nitrogen and oxygen atoms in total. The van der Waals surface area contributed by atoms with E-state index in [0.29, 0.717) is 18.7 Å². The highest BCUT2D eigenvalue weighted by molar-refractivity contribution is 5.80. The van der Waals surface area contributed by atoms with E-state index in [0.717, 1.165) is 5.56 Å². The summed E-state index contributed by atoms with van der Waals surface area (Å²) in [5.74, 6) is -0.989. The van der Waals surface area contributed by atoms with Crippen LogP contribution in [0.2, 0.25) is 0 Å². The molecule has 0 saturated carbocycles. The number of amides is 1. The standard InChI is InChI=1S/C18H22N4O3/c1-13(2)18(17(24)25)8-9-21(12-18)16(23)11-22-10-15(19-20-22)14-6-4-3-5-7-14/h3-7,10,13H,8-9,11-12H2,1-2H3,(H,24,25). The number of aliphatic carboxylic acids is 1. The predicted octanol–water partition coefficient (Wildman–Crippen LogP) is 1.90. The van der Waals surface area contributed by atoms with Crippen molar-refractivity contribution in [2.24, 2.45) is 11.3 Å². The maximum absolute atomic E-state index is 12.5. The summed E-state index contributed by atoms with van der Waals surface area (Å²) in [4.78, 5) is 25.8. The van der Waals surface area contributed by atoms with Crippen LogP contribution in [0.25, 0.3) is 11.3 Å². The monoisotopic (exact) mass is 342 g/mol. The fourth-order valence-corrected chi connectivity index (χ4v) is 3.29. The molecular weight excluding hydrogens is 320 g/mol. The molecule has 25 heavy (non-hydrogen) atoms. The zero-order valence-corrected chi connectivity index (χ0v) is 14.4. The van der Waals surface area contributed by atoms with Gasteiger partial charge in [-0.25, -0.2) is 4.68 Å². The first-order valence-electron chi connectivity index (χ1n) is 8.39. The Labute approximate surface area is 146 Å². The van der Waals surface area contributed by atoms with Crippen molar-refractivity contribution in [3.63, 3.8) is 0 Å². The number of carboxylic acid groups (broad SMARTS) is 1. The van der Waals surface area contributed by atoms with Gasteiger partial charge in [0.15, 0.2) is 0 Å². The van der Waals surface area contributed by atoms with Crippen LogP contribution in [0.1, 0.15) is 20.3 Å². The molecule has 0 aliphatic carbocycles. The SMILES string of the molecule is CC(C)C1(C(=O)O)CCN(C(=O)Cn2cc(-c3ccccc3)nn2)C1. The van der Waals surface area contributed by atoms with Gasteiger partial charge in [-0.15, -0.1) is 5.10 Å². The van der Waals surface area contributed by atoms with Gasteiger partial charge in [-0.05, 0) is 12.3 Å². The van der Waals surface area contributed by atoms with Gasteiger partial charge in [0.05, 0.1) is 11.6 Å². The third kappa shape index (κ3) is 3.26. The summed E-state index contributed by atoms with van der Waals surface area (Å²) in [6.45, 7) is 4.56. The van der Waals surface area contributed by atoms with Crippen molar-refractivity contribution in [1.82, 2.24) is 19.9 Å². The second-order valence-corrected chi connectivity index (χ2v) is 6.85. The smallest absolute Gasteiger partial charge is 0.311 e. The molecule has 2 aromatic rings. The molecule has 2 heterocycles. The number of rotatable bonds is 5. The van der Waals surface area contributed by atoms with Gasteiger partial charge < -0.3 is 10.0 Å². The molecule has 1 atom stereocenters. The highest BCUT2D eigenvalue weighted by atomic mass is 16.4. The molecule has 0 bridgehead atoms. The van der Waals surface area contributed by atoms with Crippen molar-refractivity contribution in [2.75, 3.05) is 13.1 Å². The zero-order valence-electron chi connectivity index (χ0n) is 14.4. The molecule has 0 radical (unpaired) electrons. The minimum absolute atomic E-state index is 0.0288. The number of hydrogen-bond acceptors (Lipinski definition) is 4. The zero-order chi connectivity index (χ0) is 18.0. The van der Waals surface area contributed by atoms with Crippen molar-refractivity contribution >= 4 is 11.9 Å². The van der Waals surface area contributed by atoms with Crippen LogP contribution in [0, 0.1) is 11.3 Å². The summed E-state index contributed by atoms with van der Waals surface area (Å²) in [5.41, 5.74) is 0.789. The Kier molecular flexibility index (Phi) is 4.57. The van der Waals surface area contributed by atoms with E-state index in [1.807, 2.05) is 44.2 Å². The van der Waals surface area contributed by atoms with E-state index in [9.17, 15) is 14.7 Å². The molecule has 1 amide bonds. The molecule has 1 saturated heterocycles. The van der Waals surface area contributed by atoms with Crippen LogP contribution in [0.5, 0.6) is 0 Å². The molecule has 1 aliphatic rings. The summed E-state index contributed by atoms with van der Waals surface area (Å²) in [6.07, 6.45) is 2.22. The molecule has 132 valence electrons. The van der Waals surface area contributed by atoms with Gasteiger partial charge in [-0.2, -0.15) is 0 Å². The molecule has 1 fully saturated rings. The minimum Gasteiger partial charge on any atom is -0.481 e. The summed E-state index contributed by atoms with van der Waals surface area (Å²) in [7, 11) is 0. The van der Waals surface area contributed by atoms with Gasteiger partial charge in [0, 0.05) is 18.7 Å². The number of carbonyl (C=O) groups excluding carboxylic acids is 1. The van der Waals surface area contributed by atoms with Crippen molar-refractivity contribution < 1.29 is 14.7 Å². The Morgan fingerprint density at radius 2 is 2.00 bits per heavy atom. The van der Waals surface area contributed by atoms with Crippen LogP contribution in [0.15, 0.2) is 36.5 Å². The Hall–Kier alpha value is -2.70. The van der Waals surface area contributed by atoms with E-state index in [4.69, 9.17) is 0 Å². The van der Waals surface area contributed by atoms with Crippen LogP contribution in [0.3, 0.4) is 0 Å². The van der Waals surface area contributed by atoms with Gasteiger partial charge >= 0.3 is 5.97 Å². The van der Waals surface area contributed by atoms with Gasteiger partial charge in [0.2, 0.25) is 5.91 Å². The molecular formula is C18H22N4O3. The topological polar surface area (TPSA) is 88.3 Å². The third-order valence-corrected chi connectivity index (χ3v) is 5.09. The number of benzene rings is 1. The van der Waals surface area contributed by atoms with Crippen LogP contribution in [-0.4, -0.2) is 50.0 Å². The number of carbonyl (C=O) groups is 2. The number of nitrogens with zero attached hydrogens (tertiary/aromatic N) is 4. The van der Waals surface area contributed by atoms with Crippen LogP contribution < -0.4 is 0 Å². The van der Waals surface area contributed by atoms with Crippen LogP contribution >= 0.6 is 0 Å². The number of hydrogen-bond donors (Lipinski definition) is 1. The fraction of sp³-hybridized carbons (Fsp3) is 0.444. The van der Waals surface area contributed by atoms with Crippen molar-refractivity contribution in [1.29, 1.82) is 0 Å². The maximum atomic E-state index is 12.5. The molecule has 1 aromatic heterocycles. The van der Waals surface area contributed by atoms with E-state index in [-0.39, 0.29) is 24.9 Å². The van der Waals surface area contributed by atoms with E-state index in [1.165, 1.54) is 4.68 Å². The highest BCUT2D eigenvalue weighted by Gasteiger charge is 2.48. The molecule has 1 aliphatic heterocycles. The third-order valence-electron chi connectivity index (χ3n) is 5.09. The number of carboxylic acids is 1. The lowest BCUT2D eigenvalue weighted by Crippen LogP contribution is -2.41. The quantitative estimate of drug-likeness (QED) is 0.896. The first-order chi connectivity index (χ1) is 11.9. The van der Waals surface area contributed by atoms with Gasteiger partial charge in [0.1, 0.15) is 12.2 Å². The normalized spacial score (nSPS) is 20.2. The van der Waals surface area contributed by atoms with Crippen molar-refractivity contribution in [2.45, 2.75) is 26.8 Å². The Morgan fingerprint density at radius 1 is 1.28 bits per heavy atom. The summed E-state index contributed by atoms with van der Waals surface area (Å²) >= 11 is 0. The second-order valence-electron chi connectivity index (χ2n) is 6.85. The average molecular weight is 342 g/mol. The van der Waals surface area contributed by atoms with E-state index in [1.54, 1.807) is 11.1 Å². The number of aromatic nitrogens is 3. The van der Waals surface area contributed by atoms with Crippen molar-refractivity contribution in [3.8, 4) is 11.3 Å². The number of likely N-dealkylation sites (tertiary alicyclic amines) is 1. The summed E-state index contributed by atoms with van der Waals surface area (Å²) < 4.78 is 1.50. The molecule has 1 N–H and O–H groups in total. The molecule has 3 rings (SSSR count). The van der Waals surface area contributed by atoms with Gasteiger partial charge in [0.25, 0.3) is 0 Å². The predicted molar refractivity (Wildman–Crippen MR) is 91.6 cm³/mol. The fourth-order valence-electron chi connectivity index (χ4n) is 3.29. The summed E-state index contributed by atoms with van der Waals surface area (Å²) in [6, 6.07) is 9.62. The lowest BCUT2D eigenvalue weighted by molar-refractivity contribution is -0.151. The van der Waals surface area contributed by atoms with Gasteiger partial charge in [-0.1, -0.05) is 49.4 Å². The van der Waals surface area contributed by atoms with Gasteiger partial charge in [-0.3, -0.25) is 9.59 Å². The first-order valence-corrected chi connectivity index (χ1v) is 8.39. The molecule has 1 aromatic carbocycles. The van der Waals surface area contributed by atoms with E-state index < -0.39 is 11.4 Å². The lowest BCUT2D eigenvalue weighted by Gasteiger charge is -2.28. The highest BCUT2D eigenvalue weighted by Crippen LogP contribution is 2.38. The van der Waals surface area contributed by atoms with Crippen LogP contribution in [0.4, 0.5) is 0 Å². The first kappa shape index (κ1) is 17.1. The van der Waals surface area contributed by atoms with Crippen LogP contribution in [-0.2, 0) is 16.1 Å². The van der Waals surface area contributed by atoms with E-state index in [2.05, 4.69) is 10.3 Å². The largest absolute Gasteiger partial charge is 0.481 e. The van der Waals surface area contributed by atoms with Crippen molar-refractivity contribution in [3.05, 3.63) is 36.5 Å². The molecule has 7 heteroatoms. The summed E-state index contributed by atoms with van der Waals surface area (Å²) in [5, 5.41) is 17.7. The molecule has 0 spiro atoms. The minimum atomic E-state index is -0.854. The maximum Gasteiger partial charge on any atom is 0.311 e. The second kappa shape index (κ2) is 6.66. The average Bonchev–Trinajstić information content (AvgIpc) is 3.23. The Balaban J connectivity index is 1.68. The Morgan fingerprint density at radius 3 is 2.60 bits per heavy atom.